The molecule has 0 unspecified atom stereocenters. The molecule has 0 atom stereocenters. The quantitative estimate of drug-likeness (QED) is 0.727. The van der Waals surface area contributed by atoms with Gasteiger partial charge in [-0.3, -0.25) is 4.90 Å². The highest BCUT2D eigenvalue weighted by atomic mass is 33.1. The van der Waals surface area contributed by atoms with Gasteiger partial charge in [0.15, 0.2) is 0 Å². The van der Waals surface area contributed by atoms with Crippen LogP contribution in [0.15, 0.2) is 0 Å². The summed E-state index contributed by atoms with van der Waals surface area (Å²) >= 11 is 0. The molecule has 1 aliphatic rings. The van der Waals surface area contributed by atoms with Crippen LogP contribution in [-0.4, -0.2) is 66.2 Å². The fourth-order valence-electron chi connectivity index (χ4n) is 2.09. The fourth-order valence-corrected chi connectivity index (χ4v) is 4.29. The van der Waals surface area contributed by atoms with Crippen LogP contribution in [0, 0.1) is 0 Å². The lowest BCUT2D eigenvalue weighted by molar-refractivity contribution is 0.0780. The predicted molar refractivity (Wildman–Crippen MR) is 80.2 cm³/mol. The highest BCUT2D eigenvalue weighted by molar-refractivity contribution is 8.76. The SMILES string of the molecule is CCOC(=O)N1CCN(CC(C)(C)SSC)CC1. The topological polar surface area (TPSA) is 32.8 Å². The van der Waals surface area contributed by atoms with Crippen LogP contribution in [0.1, 0.15) is 20.8 Å². The summed E-state index contributed by atoms with van der Waals surface area (Å²) in [6, 6.07) is 0. The van der Waals surface area contributed by atoms with Gasteiger partial charge in [-0.2, -0.15) is 0 Å². The molecule has 0 aromatic carbocycles. The number of hydrogen-bond acceptors (Lipinski definition) is 5. The monoisotopic (exact) mass is 292 g/mol. The molecule has 0 aliphatic carbocycles. The summed E-state index contributed by atoms with van der Waals surface area (Å²) in [4.78, 5) is 15.8. The Bertz CT molecular complexity index is 267. The zero-order valence-electron chi connectivity index (χ0n) is 11.8. The van der Waals surface area contributed by atoms with Crippen LogP contribution in [0.3, 0.4) is 0 Å². The zero-order chi connectivity index (χ0) is 13.6. The Kier molecular flexibility index (Phi) is 6.66. The third-order valence-corrected chi connectivity index (χ3v) is 5.41. The summed E-state index contributed by atoms with van der Waals surface area (Å²) in [5.41, 5.74) is 0. The molecule has 0 aromatic heterocycles. The molecular weight excluding hydrogens is 268 g/mol. The summed E-state index contributed by atoms with van der Waals surface area (Å²) in [5.74, 6) is 0. The molecule has 1 fully saturated rings. The lowest BCUT2D eigenvalue weighted by Gasteiger charge is -2.37. The van der Waals surface area contributed by atoms with Crippen LogP contribution in [0.25, 0.3) is 0 Å². The lowest BCUT2D eigenvalue weighted by atomic mass is 10.2. The number of amides is 1. The first-order valence-corrected chi connectivity index (χ1v) is 8.90. The van der Waals surface area contributed by atoms with E-state index in [9.17, 15) is 4.79 Å². The predicted octanol–water partition coefficient (Wildman–Crippen LogP) is 2.55. The lowest BCUT2D eigenvalue weighted by Crippen LogP contribution is -2.51. The van der Waals surface area contributed by atoms with E-state index in [1.807, 2.05) is 28.5 Å². The van der Waals surface area contributed by atoms with Crippen LogP contribution in [0.5, 0.6) is 0 Å². The third-order valence-electron chi connectivity index (χ3n) is 2.81. The molecule has 0 spiro atoms. The maximum absolute atomic E-state index is 11.6. The molecule has 1 rings (SSSR count). The van der Waals surface area contributed by atoms with Gasteiger partial charge >= 0.3 is 6.09 Å². The first-order chi connectivity index (χ1) is 8.48. The standard InChI is InChI=1S/C12H24N2O2S2/c1-5-16-11(15)14-8-6-13(7-9-14)10-12(2,3)18-17-4/h5-10H2,1-4H3. The number of carbonyl (C=O) groups excluding carboxylic acids is 1. The molecule has 18 heavy (non-hydrogen) atoms. The molecule has 0 aromatic rings. The minimum atomic E-state index is -0.171. The van der Waals surface area contributed by atoms with Crippen molar-refractivity contribution in [3.8, 4) is 0 Å². The van der Waals surface area contributed by atoms with Gasteiger partial charge in [0.05, 0.1) is 6.61 Å². The largest absolute Gasteiger partial charge is 0.450 e. The number of ether oxygens (including phenoxy) is 1. The fraction of sp³-hybridized carbons (Fsp3) is 0.917. The van der Waals surface area contributed by atoms with E-state index < -0.39 is 0 Å². The van der Waals surface area contributed by atoms with Crippen LogP contribution in [-0.2, 0) is 4.74 Å². The van der Waals surface area contributed by atoms with Gasteiger partial charge in [-0.05, 0) is 27.0 Å². The molecule has 4 nitrogen and oxygen atoms in total. The highest BCUT2D eigenvalue weighted by Crippen LogP contribution is 2.34. The number of hydrogen-bond donors (Lipinski definition) is 0. The molecule has 106 valence electrons. The van der Waals surface area contributed by atoms with E-state index in [1.165, 1.54) is 0 Å². The molecule has 1 aliphatic heterocycles. The van der Waals surface area contributed by atoms with Gasteiger partial charge in [0.25, 0.3) is 0 Å². The molecule has 0 radical (unpaired) electrons. The summed E-state index contributed by atoms with van der Waals surface area (Å²) in [6.07, 6.45) is 1.94. The van der Waals surface area contributed by atoms with E-state index >= 15 is 0 Å². The molecule has 1 saturated heterocycles. The van der Waals surface area contributed by atoms with Crippen molar-refractivity contribution in [2.75, 3.05) is 45.6 Å². The van der Waals surface area contributed by atoms with Crippen molar-refractivity contribution in [2.45, 2.75) is 25.5 Å². The van der Waals surface area contributed by atoms with Crippen molar-refractivity contribution in [3.63, 3.8) is 0 Å². The Balaban J connectivity index is 2.33. The van der Waals surface area contributed by atoms with Crippen molar-refractivity contribution >= 4 is 27.7 Å². The van der Waals surface area contributed by atoms with Crippen LogP contribution in [0.2, 0.25) is 0 Å². The van der Waals surface area contributed by atoms with E-state index in [4.69, 9.17) is 4.74 Å². The van der Waals surface area contributed by atoms with E-state index in [2.05, 4.69) is 25.0 Å². The molecule has 6 heteroatoms. The van der Waals surface area contributed by atoms with Gasteiger partial charge in [0.2, 0.25) is 0 Å². The maximum atomic E-state index is 11.6. The average molecular weight is 292 g/mol. The van der Waals surface area contributed by atoms with Crippen molar-refractivity contribution in [3.05, 3.63) is 0 Å². The Morgan fingerprint density at radius 2 is 1.89 bits per heavy atom. The van der Waals surface area contributed by atoms with Gasteiger partial charge in [-0.25, -0.2) is 4.79 Å². The van der Waals surface area contributed by atoms with E-state index in [0.717, 1.165) is 32.7 Å². The summed E-state index contributed by atoms with van der Waals surface area (Å²) < 4.78 is 5.27. The molecule has 1 amide bonds. The molecule has 0 saturated carbocycles. The van der Waals surface area contributed by atoms with Crippen molar-refractivity contribution in [1.82, 2.24) is 9.80 Å². The number of piperazine rings is 1. The molecule has 1 heterocycles. The van der Waals surface area contributed by atoms with Gasteiger partial charge in [0.1, 0.15) is 0 Å². The number of nitrogens with zero attached hydrogens (tertiary/aromatic N) is 2. The van der Waals surface area contributed by atoms with E-state index in [1.54, 1.807) is 4.90 Å². The molecule has 0 N–H and O–H groups in total. The number of carbonyl (C=O) groups is 1. The minimum absolute atomic E-state index is 0.171. The third kappa shape index (κ3) is 5.28. The van der Waals surface area contributed by atoms with Crippen molar-refractivity contribution < 1.29 is 9.53 Å². The van der Waals surface area contributed by atoms with E-state index in [-0.39, 0.29) is 10.8 Å². The van der Waals surface area contributed by atoms with Gasteiger partial charge in [-0.1, -0.05) is 21.6 Å². The van der Waals surface area contributed by atoms with Gasteiger partial charge < -0.3 is 9.64 Å². The van der Waals surface area contributed by atoms with Gasteiger partial charge in [0, 0.05) is 37.5 Å². The van der Waals surface area contributed by atoms with Crippen LogP contribution < -0.4 is 0 Å². The Labute approximate surface area is 118 Å². The Morgan fingerprint density at radius 3 is 2.39 bits per heavy atom. The summed E-state index contributed by atoms with van der Waals surface area (Å²) in [7, 11) is 3.73. The Morgan fingerprint density at radius 1 is 1.28 bits per heavy atom. The summed E-state index contributed by atoms with van der Waals surface area (Å²) in [6.45, 7) is 11.3. The van der Waals surface area contributed by atoms with Crippen LogP contribution in [0.4, 0.5) is 4.79 Å². The second kappa shape index (κ2) is 7.50. The molecular formula is C12H24N2O2S2. The smallest absolute Gasteiger partial charge is 0.409 e. The average Bonchev–Trinajstić information content (AvgIpc) is 2.29. The molecule has 0 bridgehead atoms. The zero-order valence-corrected chi connectivity index (χ0v) is 13.4. The Hall–Kier alpha value is -0.0700. The van der Waals surface area contributed by atoms with Crippen molar-refractivity contribution in [2.24, 2.45) is 0 Å². The second-order valence-electron chi connectivity index (χ2n) is 4.97. The van der Waals surface area contributed by atoms with Crippen molar-refractivity contribution in [1.29, 1.82) is 0 Å². The highest BCUT2D eigenvalue weighted by Gasteiger charge is 2.27. The van der Waals surface area contributed by atoms with E-state index in [0.29, 0.717) is 6.61 Å². The number of rotatable bonds is 5. The summed E-state index contributed by atoms with van der Waals surface area (Å²) in [5, 5.41) is 0. The minimum Gasteiger partial charge on any atom is -0.450 e. The second-order valence-corrected chi connectivity index (χ2v) is 8.08. The van der Waals surface area contributed by atoms with Gasteiger partial charge in [-0.15, -0.1) is 0 Å². The normalized spacial score (nSPS) is 17.9. The maximum Gasteiger partial charge on any atom is 0.409 e. The van der Waals surface area contributed by atoms with Crippen LogP contribution >= 0.6 is 21.6 Å². The first-order valence-electron chi connectivity index (χ1n) is 6.34. The first kappa shape index (κ1) is 16.0.